The van der Waals surface area contributed by atoms with Crippen molar-refractivity contribution in [1.29, 1.82) is 0 Å². The maximum Gasteiger partial charge on any atom is 0.115 e. The summed E-state index contributed by atoms with van der Waals surface area (Å²) >= 11 is 0. The molecule has 0 saturated heterocycles. The topological polar surface area (TPSA) is 20.2 Å². The fourth-order valence-corrected chi connectivity index (χ4v) is 2.20. The normalized spacial score (nSPS) is 12.1. The Balaban J connectivity index is 2.08. The minimum Gasteiger partial charge on any atom is -0.508 e. The van der Waals surface area contributed by atoms with Crippen LogP contribution in [0.1, 0.15) is 36.5 Å². The molecule has 0 bridgehead atoms. The molecule has 0 aliphatic heterocycles. The molecule has 1 atom stereocenters. The van der Waals surface area contributed by atoms with Gasteiger partial charge in [-0.1, -0.05) is 55.5 Å². The number of benzene rings is 2. The Labute approximate surface area is 115 Å². The molecule has 0 aliphatic rings. The molecule has 0 radical (unpaired) electrons. The average Bonchev–Trinajstić information content (AvgIpc) is 2.40. The minimum atomic E-state index is 0.321. The maximum atomic E-state index is 9.30. The van der Waals surface area contributed by atoms with Gasteiger partial charge in [-0.3, -0.25) is 0 Å². The van der Waals surface area contributed by atoms with E-state index in [0.717, 1.165) is 12.0 Å². The third-order valence-electron chi connectivity index (χ3n) is 3.45. The first-order valence-electron chi connectivity index (χ1n) is 6.60. The van der Waals surface area contributed by atoms with Crippen LogP contribution in [0.4, 0.5) is 0 Å². The lowest BCUT2D eigenvalue weighted by Crippen LogP contribution is -1.98. The molecule has 1 unspecified atom stereocenters. The SMILES string of the molecule is C=C(C)c1ccc(CC(C)c2ccc(O)cc2)cc1. The third-order valence-corrected chi connectivity index (χ3v) is 3.45. The molecular weight excluding hydrogens is 232 g/mol. The number of phenols is 1. The molecule has 98 valence electrons. The minimum absolute atomic E-state index is 0.321. The summed E-state index contributed by atoms with van der Waals surface area (Å²) in [6, 6.07) is 16.1. The highest BCUT2D eigenvalue weighted by atomic mass is 16.3. The van der Waals surface area contributed by atoms with E-state index in [2.05, 4.69) is 37.8 Å². The van der Waals surface area contributed by atoms with E-state index in [1.165, 1.54) is 16.7 Å². The standard InChI is InChI=1S/C18H20O/c1-13(2)16-6-4-15(5-7-16)12-14(3)17-8-10-18(19)11-9-17/h4-11,14,19H,1,12H2,2-3H3. The van der Waals surface area contributed by atoms with E-state index in [1.54, 1.807) is 12.1 Å². The van der Waals surface area contributed by atoms with Gasteiger partial charge in [-0.15, -0.1) is 0 Å². The number of rotatable bonds is 4. The molecule has 0 saturated carbocycles. The van der Waals surface area contributed by atoms with Crippen LogP contribution >= 0.6 is 0 Å². The first-order chi connectivity index (χ1) is 9.06. The fraction of sp³-hybridized carbons (Fsp3) is 0.222. The predicted molar refractivity (Wildman–Crippen MR) is 81.4 cm³/mol. The summed E-state index contributed by atoms with van der Waals surface area (Å²) in [5.74, 6) is 0.762. The first-order valence-corrected chi connectivity index (χ1v) is 6.60. The fourth-order valence-electron chi connectivity index (χ4n) is 2.20. The van der Waals surface area contributed by atoms with E-state index in [0.29, 0.717) is 11.7 Å². The number of hydrogen-bond acceptors (Lipinski definition) is 1. The Hall–Kier alpha value is -2.02. The van der Waals surface area contributed by atoms with Gasteiger partial charge in [0.15, 0.2) is 0 Å². The number of allylic oxidation sites excluding steroid dienone is 1. The summed E-state index contributed by atoms with van der Waals surface area (Å²) in [6.45, 7) is 8.18. The highest BCUT2D eigenvalue weighted by molar-refractivity contribution is 5.61. The van der Waals surface area contributed by atoms with E-state index < -0.39 is 0 Å². The lowest BCUT2D eigenvalue weighted by molar-refractivity contribution is 0.475. The van der Waals surface area contributed by atoms with Gasteiger partial charge in [-0.2, -0.15) is 0 Å². The van der Waals surface area contributed by atoms with Gasteiger partial charge >= 0.3 is 0 Å². The van der Waals surface area contributed by atoms with Crippen molar-refractivity contribution < 1.29 is 5.11 Å². The van der Waals surface area contributed by atoms with E-state index in [1.807, 2.05) is 19.1 Å². The smallest absolute Gasteiger partial charge is 0.115 e. The second-order valence-electron chi connectivity index (χ2n) is 5.17. The Morgan fingerprint density at radius 2 is 1.63 bits per heavy atom. The van der Waals surface area contributed by atoms with Crippen LogP contribution in [0.2, 0.25) is 0 Å². The molecule has 2 aromatic rings. The van der Waals surface area contributed by atoms with Crippen LogP contribution in [-0.2, 0) is 6.42 Å². The second-order valence-corrected chi connectivity index (χ2v) is 5.17. The van der Waals surface area contributed by atoms with Crippen molar-refractivity contribution in [3.05, 3.63) is 71.8 Å². The van der Waals surface area contributed by atoms with Crippen molar-refractivity contribution >= 4 is 5.57 Å². The lowest BCUT2D eigenvalue weighted by Gasteiger charge is -2.12. The van der Waals surface area contributed by atoms with Gasteiger partial charge in [0.2, 0.25) is 0 Å². The molecule has 0 aromatic heterocycles. The van der Waals surface area contributed by atoms with Crippen LogP contribution < -0.4 is 0 Å². The summed E-state index contributed by atoms with van der Waals surface area (Å²) in [4.78, 5) is 0. The van der Waals surface area contributed by atoms with Gasteiger partial charge in [-0.25, -0.2) is 0 Å². The maximum absolute atomic E-state index is 9.30. The van der Waals surface area contributed by atoms with Crippen molar-refractivity contribution in [3.63, 3.8) is 0 Å². The zero-order chi connectivity index (χ0) is 13.8. The molecule has 1 nitrogen and oxygen atoms in total. The first kappa shape index (κ1) is 13.4. The van der Waals surface area contributed by atoms with Gasteiger partial charge in [0, 0.05) is 0 Å². The van der Waals surface area contributed by atoms with E-state index in [-0.39, 0.29) is 0 Å². The number of phenolic OH excluding ortho intramolecular Hbond substituents is 1. The van der Waals surface area contributed by atoms with Gasteiger partial charge in [0.1, 0.15) is 5.75 Å². The zero-order valence-corrected chi connectivity index (χ0v) is 11.6. The highest BCUT2D eigenvalue weighted by Crippen LogP contribution is 2.23. The molecule has 0 aliphatic carbocycles. The van der Waals surface area contributed by atoms with Crippen molar-refractivity contribution in [2.75, 3.05) is 0 Å². The van der Waals surface area contributed by atoms with Crippen LogP contribution in [0.15, 0.2) is 55.1 Å². The summed E-state index contributed by atoms with van der Waals surface area (Å²) in [7, 11) is 0. The monoisotopic (exact) mass is 252 g/mol. The van der Waals surface area contributed by atoms with Crippen LogP contribution in [-0.4, -0.2) is 5.11 Å². The number of aromatic hydroxyl groups is 1. The molecule has 0 heterocycles. The second kappa shape index (κ2) is 5.75. The third kappa shape index (κ3) is 3.47. The van der Waals surface area contributed by atoms with Crippen LogP contribution in [0.25, 0.3) is 5.57 Å². The van der Waals surface area contributed by atoms with Crippen LogP contribution in [0, 0.1) is 0 Å². The number of hydrogen-bond donors (Lipinski definition) is 1. The molecular formula is C18H20O. The molecule has 0 amide bonds. The van der Waals surface area contributed by atoms with Gasteiger partial charge < -0.3 is 5.11 Å². The van der Waals surface area contributed by atoms with E-state index in [9.17, 15) is 5.11 Å². The Bertz CT molecular complexity index is 549. The lowest BCUT2D eigenvalue weighted by atomic mass is 9.93. The van der Waals surface area contributed by atoms with Crippen LogP contribution in [0.3, 0.4) is 0 Å². The molecule has 0 fully saturated rings. The highest BCUT2D eigenvalue weighted by Gasteiger charge is 2.07. The molecule has 2 aromatic carbocycles. The van der Waals surface area contributed by atoms with Gasteiger partial charge in [-0.05, 0) is 48.1 Å². The Morgan fingerprint density at radius 1 is 1.05 bits per heavy atom. The zero-order valence-electron chi connectivity index (χ0n) is 11.6. The molecule has 1 N–H and O–H groups in total. The molecule has 2 rings (SSSR count). The molecule has 0 spiro atoms. The van der Waals surface area contributed by atoms with Crippen molar-refractivity contribution in [2.45, 2.75) is 26.2 Å². The molecule has 1 heteroatoms. The largest absolute Gasteiger partial charge is 0.508 e. The summed E-state index contributed by atoms with van der Waals surface area (Å²) in [6.07, 6.45) is 1.00. The van der Waals surface area contributed by atoms with E-state index in [4.69, 9.17) is 0 Å². The summed E-state index contributed by atoms with van der Waals surface area (Å²) in [5.41, 5.74) is 4.87. The Kier molecular flexibility index (Phi) is 4.06. The predicted octanol–water partition coefficient (Wildman–Crippen LogP) is 4.77. The average molecular weight is 252 g/mol. The van der Waals surface area contributed by atoms with Gasteiger partial charge in [0.05, 0.1) is 0 Å². The van der Waals surface area contributed by atoms with E-state index >= 15 is 0 Å². The van der Waals surface area contributed by atoms with Crippen molar-refractivity contribution in [1.82, 2.24) is 0 Å². The van der Waals surface area contributed by atoms with Crippen molar-refractivity contribution in [3.8, 4) is 5.75 Å². The van der Waals surface area contributed by atoms with Crippen LogP contribution in [0.5, 0.6) is 5.75 Å². The molecule has 19 heavy (non-hydrogen) atoms. The Morgan fingerprint density at radius 3 is 2.16 bits per heavy atom. The summed E-state index contributed by atoms with van der Waals surface area (Å²) < 4.78 is 0. The van der Waals surface area contributed by atoms with Gasteiger partial charge in [0.25, 0.3) is 0 Å². The van der Waals surface area contributed by atoms with Crippen molar-refractivity contribution in [2.24, 2.45) is 0 Å². The summed E-state index contributed by atoms with van der Waals surface area (Å²) in [5, 5.41) is 9.30. The quantitative estimate of drug-likeness (QED) is 0.831.